The van der Waals surface area contributed by atoms with Gasteiger partial charge < -0.3 is 9.30 Å². The molecule has 10 heteroatoms. The Hall–Kier alpha value is -6.42. The lowest BCUT2D eigenvalue weighted by molar-refractivity contribution is 0.566. The van der Waals surface area contributed by atoms with Crippen LogP contribution >= 0.6 is 0 Å². The van der Waals surface area contributed by atoms with E-state index in [4.69, 9.17) is 0 Å². The minimum absolute atomic E-state index is 0.202. The normalized spacial score (nSPS) is 10.7. The highest BCUT2D eigenvalue weighted by Crippen LogP contribution is 2.19. The van der Waals surface area contributed by atoms with Crippen LogP contribution in [0, 0.1) is 0 Å². The highest BCUT2D eigenvalue weighted by molar-refractivity contribution is 5.94. The van der Waals surface area contributed by atoms with Crippen molar-refractivity contribution in [3.8, 4) is 5.82 Å². The third kappa shape index (κ3) is 5.74. The fourth-order valence-electron chi connectivity index (χ4n) is 5.00. The largest absolute Gasteiger partial charge is 0.384 e. The number of pyridine rings is 3. The Labute approximate surface area is 262 Å². The molecular weight excluding hydrogens is 578 g/mol. The van der Waals surface area contributed by atoms with Crippen LogP contribution in [0.5, 0.6) is 0 Å². The van der Waals surface area contributed by atoms with Gasteiger partial charge in [0, 0.05) is 61.1 Å². The van der Waals surface area contributed by atoms with Crippen LogP contribution in [0.25, 0.3) is 49.4 Å². The molecule has 10 nitrogen and oxygen atoms in total. The molecule has 0 atom stereocenters. The van der Waals surface area contributed by atoms with Crippen LogP contribution in [0.15, 0.2) is 149 Å². The van der Waals surface area contributed by atoms with Gasteiger partial charge >= 0.3 is 11.4 Å². The number of hydrogen-bond donors (Lipinski definition) is 0. The molecule has 0 fully saturated rings. The Morgan fingerprint density at radius 1 is 0.652 bits per heavy atom. The first-order valence-corrected chi connectivity index (χ1v) is 14.4. The second kappa shape index (κ2) is 12.7. The van der Waals surface area contributed by atoms with Gasteiger partial charge in [-0.3, -0.25) is 9.20 Å². The summed E-state index contributed by atoms with van der Waals surface area (Å²) in [6.07, 6.45) is 8.61. The second-order valence-electron chi connectivity index (χ2n) is 10.5. The van der Waals surface area contributed by atoms with Crippen LogP contribution in [0.3, 0.4) is 0 Å². The zero-order chi connectivity index (χ0) is 32.2. The highest BCUT2D eigenvalue weighted by atomic mass is 16.2. The molecule has 0 bridgehead atoms. The number of aromatic nitrogens is 6. The average Bonchev–Trinajstić information content (AvgIpc) is 3.09. The minimum Gasteiger partial charge on any atom is -0.384 e. The van der Waals surface area contributed by atoms with E-state index in [1.807, 2.05) is 121 Å². The van der Waals surface area contributed by atoms with Gasteiger partial charge in [0.25, 0.3) is 5.56 Å². The van der Waals surface area contributed by atoms with E-state index in [2.05, 4.69) is 21.5 Å². The van der Waals surface area contributed by atoms with Crippen LogP contribution in [0.4, 0.5) is 0 Å². The number of hydrogen-bond acceptors (Lipinski definition) is 7. The van der Waals surface area contributed by atoms with Crippen LogP contribution in [0.2, 0.25) is 0 Å². The van der Waals surface area contributed by atoms with Crippen molar-refractivity contribution in [3.05, 3.63) is 166 Å². The number of benzene rings is 3. The lowest BCUT2D eigenvalue weighted by atomic mass is 10.1. The lowest BCUT2D eigenvalue weighted by Crippen LogP contribution is -2.38. The molecule has 226 valence electrons. The molecule has 8 aromatic rings. The minimum atomic E-state index is -0.643. The van der Waals surface area contributed by atoms with Gasteiger partial charge in [-0.15, -0.1) is 0 Å². The predicted octanol–water partition coefficient (Wildman–Crippen LogP) is 5.09. The van der Waals surface area contributed by atoms with Crippen molar-refractivity contribution in [2.45, 2.75) is 0 Å². The van der Waals surface area contributed by atoms with Gasteiger partial charge in [-0.05, 0) is 40.6 Å². The van der Waals surface area contributed by atoms with E-state index in [1.165, 1.54) is 10.5 Å². The van der Waals surface area contributed by atoms with Crippen molar-refractivity contribution in [3.63, 3.8) is 0 Å². The van der Waals surface area contributed by atoms with Crippen molar-refractivity contribution in [1.29, 1.82) is 0 Å². The number of fused-ring (bicyclic) bond motifs is 7. The Kier molecular flexibility index (Phi) is 8.16. The molecule has 8 rings (SSSR count). The monoisotopic (exact) mass is 607 g/mol. The average molecular weight is 608 g/mol. The Morgan fingerprint density at radius 3 is 1.85 bits per heavy atom. The lowest BCUT2D eigenvalue weighted by Gasteiger charge is -2.10. The van der Waals surface area contributed by atoms with Gasteiger partial charge in [0.1, 0.15) is 5.65 Å². The van der Waals surface area contributed by atoms with Gasteiger partial charge in [-0.2, -0.15) is 14.5 Å². The Bertz CT molecular complexity index is 2560. The second-order valence-corrected chi connectivity index (χ2v) is 10.5. The standard InChI is InChI=1S/C20H12N4O2.C12H8N2O.C4H9N/c25-19-22-18-16-8-4-2-6-14(16)10-12-23(18)20(26)24(19)17-15-7-3-1-5-13(15)9-11-21-17;15-11-6-8-14-7-5-9-3-1-2-4-10(9)12(14)13-11;1-4-5(2)3/h1-12H;1-8H;4H,1H2,2-3H3. The molecule has 0 spiro atoms. The fraction of sp³-hybridized carbons (Fsp3) is 0.0556. The molecule has 3 aromatic carbocycles. The number of nitrogens with zero attached hydrogens (tertiary/aromatic N) is 7. The Morgan fingerprint density at radius 2 is 1.20 bits per heavy atom. The van der Waals surface area contributed by atoms with E-state index < -0.39 is 11.4 Å². The van der Waals surface area contributed by atoms with Crippen molar-refractivity contribution >= 4 is 43.6 Å². The van der Waals surface area contributed by atoms with E-state index in [0.717, 1.165) is 36.9 Å². The summed E-state index contributed by atoms with van der Waals surface area (Å²) < 4.78 is 4.25. The van der Waals surface area contributed by atoms with E-state index in [9.17, 15) is 14.4 Å². The molecule has 5 heterocycles. The van der Waals surface area contributed by atoms with Crippen molar-refractivity contribution < 1.29 is 0 Å². The van der Waals surface area contributed by atoms with Crippen molar-refractivity contribution in [2.75, 3.05) is 14.1 Å². The zero-order valence-corrected chi connectivity index (χ0v) is 25.2. The van der Waals surface area contributed by atoms with Gasteiger partial charge in [-0.25, -0.2) is 14.6 Å². The summed E-state index contributed by atoms with van der Waals surface area (Å²) in [6, 6.07) is 30.0. The first-order chi connectivity index (χ1) is 22.4. The van der Waals surface area contributed by atoms with Crippen molar-refractivity contribution in [2.24, 2.45) is 0 Å². The zero-order valence-electron chi connectivity index (χ0n) is 25.2. The van der Waals surface area contributed by atoms with Crippen molar-refractivity contribution in [1.82, 2.24) is 33.2 Å². The summed E-state index contributed by atoms with van der Waals surface area (Å²) in [5, 5.41) is 5.37. The fourth-order valence-corrected chi connectivity index (χ4v) is 5.00. The van der Waals surface area contributed by atoms with Crippen LogP contribution in [-0.4, -0.2) is 47.3 Å². The summed E-state index contributed by atoms with van der Waals surface area (Å²) in [5.41, 5.74) is -0.286. The Balaban J connectivity index is 0.000000156. The number of rotatable bonds is 2. The molecule has 0 aliphatic rings. The summed E-state index contributed by atoms with van der Waals surface area (Å²) in [6.45, 7) is 3.49. The molecule has 0 amide bonds. The van der Waals surface area contributed by atoms with Crippen LogP contribution < -0.4 is 16.9 Å². The van der Waals surface area contributed by atoms with Crippen LogP contribution in [0.1, 0.15) is 0 Å². The molecule has 0 radical (unpaired) electrons. The third-order valence-electron chi connectivity index (χ3n) is 7.31. The first-order valence-electron chi connectivity index (χ1n) is 14.4. The SMILES string of the molecule is C=CN(C)C.O=c1ccn2ccc3ccccc3c2n1.O=c1nc2c3ccccc3ccn2c(=O)n1-c1nccc2ccccc12. The topological polar surface area (TPSA) is 107 Å². The van der Waals surface area contributed by atoms with Gasteiger partial charge in [0.05, 0.1) is 0 Å². The van der Waals surface area contributed by atoms with Gasteiger partial charge in [0.15, 0.2) is 11.5 Å². The van der Waals surface area contributed by atoms with E-state index >= 15 is 0 Å². The highest BCUT2D eigenvalue weighted by Gasteiger charge is 2.14. The smallest absolute Gasteiger partial charge is 0.359 e. The summed E-state index contributed by atoms with van der Waals surface area (Å²) in [5.74, 6) is 0.285. The molecule has 5 aromatic heterocycles. The molecule has 0 saturated carbocycles. The molecule has 0 aliphatic carbocycles. The predicted molar refractivity (Wildman–Crippen MR) is 183 cm³/mol. The van der Waals surface area contributed by atoms with E-state index in [1.54, 1.807) is 24.8 Å². The van der Waals surface area contributed by atoms with Gasteiger partial charge in [-0.1, -0.05) is 79.4 Å². The third-order valence-corrected chi connectivity index (χ3v) is 7.31. The summed E-state index contributed by atoms with van der Waals surface area (Å²) in [4.78, 5) is 51.4. The summed E-state index contributed by atoms with van der Waals surface area (Å²) >= 11 is 0. The molecule has 0 N–H and O–H groups in total. The molecule has 0 saturated heterocycles. The van der Waals surface area contributed by atoms with E-state index in [0.29, 0.717) is 11.3 Å². The molecule has 0 aliphatic heterocycles. The first kappa shape index (κ1) is 29.6. The molecule has 46 heavy (non-hydrogen) atoms. The van der Waals surface area contributed by atoms with E-state index in [-0.39, 0.29) is 11.4 Å². The van der Waals surface area contributed by atoms with Gasteiger partial charge in [0.2, 0.25) is 0 Å². The maximum absolute atomic E-state index is 13.1. The maximum atomic E-state index is 13.1. The summed E-state index contributed by atoms with van der Waals surface area (Å²) in [7, 11) is 3.88. The maximum Gasteiger partial charge on any atom is 0.359 e. The molecular formula is C36H29N7O3. The molecule has 0 unspecified atom stereocenters. The quantitative estimate of drug-likeness (QED) is 0.252. The van der Waals surface area contributed by atoms with Crippen LogP contribution in [-0.2, 0) is 0 Å².